The number of Topliss-reactive ketones (excluding diaryl/α,β-unsaturated/α-hetero) is 1. The Kier molecular flexibility index (Phi) is 6.61. The SMILES string of the molecule is O=C(CSc1nnc(CSc2nc3ccccc3s2)n1-c1ccccc1)c1ccc(Cl)s1. The van der Waals surface area contributed by atoms with Crippen LogP contribution in [0.3, 0.4) is 0 Å². The summed E-state index contributed by atoms with van der Waals surface area (Å²) in [6.45, 7) is 0. The first-order valence-electron chi connectivity index (χ1n) is 9.57. The zero-order valence-electron chi connectivity index (χ0n) is 16.5. The molecule has 0 aliphatic heterocycles. The molecule has 0 bridgehead atoms. The van der Waals surface area contributed by atoms with E-state index in [4.69, 9.17) is 16.6 Å². The fourth-order valence-corrected chi connectivity index (χ4v) is 6.94. The number of carbonyl (C=O) groups excluding carboxylic acids is 1. The molecule has 5 nitrogen and oxygen atoms in total. The van der Waals surface area contributed by atoms with Gasteiger partial charge in [-0.05, 0) is 36.4 Å². The van der Waals surface area contributed by atoms with Crippen LogP contribution in [0.5, 0.6) is 0 Å². The van der Waals surface area contributed by atoms with Gasteiger partial charge in [0.2, 0.25) is 0 Å². The fraction of sp³-hybridized carbons (Fsp3) is 0.0909. The van der Waals surface area contributed by atoms with Gasteiger partial charge in [0.05, 0.1) is 30.9 Å². The van der Waals surface area contributed by atoms with Crippen molar-refractivity contribution in [3.8, 4) is 5.69 Å². The number of hydrogen-bond donors (Lipinski definition) is 0. The van der Waals surface area contributed by atoms with Crippen molar-refractivity contribution in [1.29, 1.82) is 0 Å². The number of aromatic nitrogens is 4. The molecule has 0 atom stereocenters. The zero-order valence-corrected chi connectivity index (χ0v) is 20.5. The van der Waals surface area contributed by atoms with Gasteiger partial charge in [-0.1, -0.05) is 65.5 Å². The molecule has 0 radical (unpaired) electrons. The lowest BCUT2D eigenvalue weighted by molar-refractivity contribution is 0.102. The number of thioether (sulfide) groups is 2. The molecule has 0 amide bonds. The van der Waals surface area contributed by atoms with Crippen molar-refractivity contribution >= 4 is 73.8 Å². The van der Waals surface area contributed by atoms with Crippen LogP contribution in [-0.4, -0.2) is 31.3 Å². The molecule has 0 fully saturated rings. The summed E-state index contributed by atoms with van der Waals surface area (Å²) in [6, 6.07) is 21.6. The van der Waals surface area contributed by atoms with Crippen LogP contribution >= 0.6 is 57.8 Å². The monoisotopic (exact) mass is 514 g/mol. The first kappa shape index (κ1) is 21.7. The summed E-state index contributed by atoms with van der Waals surface area (Å²) in [5.41, 5.74) is 1.97. The lowest BCUT2D eigenvalue weighted by Gasteiger charge is -2.09. The highest BCUT2D eigenvalue weighted by atomic mass is 35.5. The van der Waals surface area contributed by atoms with Gasteiger partial charge in [0, 0.05) is 5.69 Å². The van der Waals surface area contributed by atoms with Crippen molar-refractivity contribution in [1.82, 2.24) is 19.7 Å². The number of rotatable bonds is 8. The molecule has 5 aromatic rings. The minimum Gasteiger partial charge on any atom is -0.292 e. The second-order valence-electron chi connectivity index (χ2n) is 6.62. The van der Waals surface area contributed by atoms with Crippen molar-refractivity contribution in [2.45, 2.75) is 15.2 Å². The Balaban J connectivity index is 1.37. The number of para-hydroxylation sites is 2. The summed E-state index contributed by atoms with van der Waals surface area (Å²) in [5, 5.41) is 9.51. The van der Waals surface area contributed by atoms with Crippen molar-refractivity contribution in [2.75, 3.05) is 5.75 Å². The van der Waals surface area contributed by atoms with E-state index < -0.39 is 0 Å². The van der Waals surface area contributed by atoms with Crippen LogP contribution in [0.2, 0.25) is 4.34 Å². The largest absolute Gasteiger partial charge is 0.292 e. The molecule has 3 heterocycles. The third-order valence-electron chi connectivity index (χ3n) is 4.49. The predicted octanol–water partition coefficient (Wildman–Crippen LogP) is 6.86. The van der Waals surface area contributed by atoms with Crippen molar-refractivity contribution < 1.29 is 4.79 Å². The van der Waals surface area contributed by atoms with Crippen molar-refractivity contribution in [3.63, 3.8) is 0 Å². The van der Waals surface area contributed by atoms with Crippen LogP contribution in [0.1, 0.15) is 15.5 Å². The molecule has 0 aliphatic rings. The summed E-state index contributed by atoms with van der Waals surface area (Å²) in [7, 11) is 0. The lowest BCUT2D eigenvalue weighted by atomic mass is 10.3. The molecular formula is C22H15ClN4OS4. The maximum absolute atomic E-state index is 12.5. The van der Waals surface area contributed by atoms with Gasteiger partial charge in [0.1, 0.15) is 5.82 Å². The van der Waals surface area contributed by atoms with E-state index in [0.29, 0.717) is 20.1 Å². The van der Waals surface area contributed by atoms with Crippen molar-refractivity contribution in [2.24, 2.45) is 0 Å². The molecule has 3 aromatic heterocycles. The molecule has 0 aliphatic carbocycles. The lowest BCUT2D eigenvalue weighted by Crippen LogP contribution is -2.04. The van der Waals surface area contributed by atoms with E-state index >= 15 is 0 Å². The van der Waals surface area contributed by atoms with Gasteiger partial charge in [-0.3, -0.25) is 9.36 Å². The Hall–Kier alpha value is -2.17. The third kappa shape index (κ3) is 4.77. The second kappa shape index (κ2) is 9.76. The zero-order chi connectivity index (χ0) is 21.9. The molecule has 2 aromatic carbocycles. The predicted molar refractivity (Wildman–Crippen MR) is 135 cm³/mol. The number of carbonyl (C=O) groups is 1. The van der Waals surface area contributed by atoms with Gasteiger partial charge in [0.25, 0.3) is 0 Å². The molecule has 0 unspecified atom stereocenters. The number of thiophene rings is 1. The smallest absolute Gasteiger partial charge is 0.196 e. The summed E-state index contributed by atoms with van der Waals surface area (Å²) in [6.07, 6.45) is 0. The molecule has 10 heteroatoms. The van der Waals surface area contributed by atoms with E-state index in [1.807, 2.05) is 53.1 Å². The number of nitrogens with zero attached hydrogens (tertiary/aromatic N) is 4. The summed E-state index contributed by atoms with van der Waals surface area (Å²) >= 11 is 12.0. The summed E-state index contributed by atoms with van der Waals surface area (Å²) in [5.74, 6) is 1.73. The minimum atomic E-state index is 0.0277. The first-order chi connectivity index (χ1) is 15.7. The molecule has 0 N–H and O–H groups in total. The molecule has 5 rings (SSSR count). The second-order valence-corrected chi connectivity index (χ2v) is 11.5. The molecule has 0 spiro atoms. The average molecular weight is 515 g/mol. The van der Waals surface area contributed by atoms with Crippen LogP contribution in [0.15, 0.2) is 76.2 Å². The van der Waals surface area contributed by atoms with E-state index in [0.717, 1.165) is 21.4 Å². The van der Waals surface area contributed by atoms with Crippen molar-refractivity contribution in [3.05, 3.63) is 81.8 Å². The number of ketones is 1. The van der Waals surface area contributed by atoms with Crippen LogP contribution < -0.4 is 0 Å². The van der Waals surface area contributed by atoms with Gasteiger partial charge >= 0.3 is 0 Å². The Morgan fingerprint density at radius 1 is 0.938 bits per heavy atom. The molecule has 160 valence electrons. The fourth-order valence-electron chi connectivity index (χ4n) is 3.03. The van der Waals surface area contributed by atoms with E-state index in [1.165, 1.54) is 27.8 Å². The van der Waals surface area contributed by atoms with Crippen LogP contribution in [0.4, 0.5) is 0 Å². The Labute approximate surface area is 205 Å². The van der Waals surface area contributed by atoms with E-state index in [-0.39, 0.29) is 11.5 Å². The number of benzene rings is 2. The number of fused-ring (bicyclic) bond motifs is 1. The summed E-state index contributed by atoms with van der Waals surface area (Å²) < 4.78 is 4.79. The minimum absolute atomic E-state index is 0.0277. The van der Waals surface area contributed by atoms with Gasteiger partial charge in [-0.2, -0.15) is 0 Å². The highest BCUT2D eigenvalue weighted by Crippen LogP contribution is 2.33. The topological polar surface area (TPSA) is 60.7 Å². The molecular weight excluding hydrogens is 500 g/mol. The van der Waals surface area contributed by atoms with Crippen LogP contribution in [0, 0.1) is 0 Å². The highest BCUT2D eigenvalue weighted by molar-refractivity contribution is 8.00. The van der Waals surface area contributed by atoms with Crippen LogP contribution in [0.25, 0.3) is 15.9 Å². The standard InChI is InChI=1S/C22H15ClN4OS4/c23-19-11-10-18(31-19)16(28)12-29-21-26-25-20(27(21)14-6-2-1-3-7-14)13-30-22-24-15-8-4-5-9-17(15)32-22/h1-11H,12-13H2. The molecule has 0 saturated heterocycles. The third-order valence-corrected chi connectivity index (χ3v) is 8.87. The first-order valence-corrected chi connectivity index (χ1v) is 13.5. The maximum atomic E-state index is 12.5. The number of thiazole rings is 1. The number of halogens is 1. The maximum Gasteiger partial charge on any atom is 0.196 e. The van der Waals surface area contributed by atoms with E-state index in [9.17, 15) is 4.79 Å². The molecule has 0 saturated carbocycles. The Morgan fingerprint density at radius 2 is 1.75 bits per heavy atom. The van der Waals surface area contributed by atoms with Gasteiger partial charge in [-0.25, -0.2) is 4.98 Å². The summed E-state index contributed by atoms with van der Waals surface area (Å²) in [4.78, 5) is 17.9. The Morgan fingerprint density at radius 3 is 2.53 bits per heavy atom. The molecule has 32 heavy (non-hydrogen) atoms. The van der Waals surface area contributed by atoms with Gasteiger partial charge in [-0.15, -0.1) is 32.9 Å². The van der Waals surface area contributed by atoms with Crippen LogP contribution in [-0.2, 0) is 5.75 Å². The van der Waals surface area contributed by atoms with Gasteiger partial charge < -0.3 is 0 Å². The number of hydrogen-bond acceptors (Lipinski definition) is 8. The highest BCUT2D eigenvalue weighted by Gasteiger charge is 2.18. The quantitative estimate of drug-likeness (QED) is 0.166. The Bertz CT molecular complexity index is 1350. The normalized spacial score (nSPS) is 11.3. The van der Waals surface area contributed by atoms with Gasteiger partial charge in [0.15, 0.2) is 15.3 Å². The van der Waals surface area contributed by atoms with E-state index in [2.05, 4.69) is 16.3 Å². The van der Waals surface area contributed by atoms with E-state index in [1.54, 1.807) is 35.2 Å². The average Bonchev–Trinajstić information content (AvgIpc) is 3.54.